The van der Waals surface area contributed by atoms with Crippen LogP contribution in [0.4, 0.5) is 4.39 Å². The lowest BCUT2D eigenvalue weighted by Gasteiger charge is -2.34. The van der Waals surface area contributed by atoms with E-state index in [1.165, 1.54) is 18.2 Å². The number of aromatic nitrogens is 1. The zero-order valence-corrected chi connectivity index (χ0v) is 20.1. The first-order valence-electron chi connectivity index (χ1n) is 10.7. The third kappa shape index (κ3) is 6.01. The molecule has 1 aromatic heterocycles. The van der Waals surface area contributed by atoms with E-state index in [4.69, 9.17) is 16.3 Å². The van der Waals surface area contributed by atoms with Crippen molar-refractivity contribution in [3.8, 4) is 5.75 Å². The summed E-state index contributed by atoms with van der Waals surface area (Å²) in [6.07, 6.45) is 3.29. The lowest BCUT2D eigenvalue weighted by Crippen LogP contribution is -2.50. The molecule has 2 heterocycles. The summed E-state index contributed by atoms with van der Waals surface area (Å²) in [5.41, 5.74) is 2.04. The summed E-state index contributed by atoms with van der Waals surface area (Å²) in [5.74, 6) is -0.140. The summed E-state index contributed by atoms with van der Waals surface area (Å²) in [6.45, 7) is 3.97. The van der Waals surface area contributed by atoms with Crippen LogP contribution in [-0.2, 0) is 11.4 Å². The van der Waals surface area contributed by atoms with Crippen molar-refractivity contribution in [1.82, 2.24) is 14.8 Å². The van der Waals surface area contributed by atoms with Gasteiger partial charge in [-0.3, -0.25) is 9.59 Å². The van der Waals surface area contributed by atoms with Crippen LogP contribution in [-0.4, -0.2) is 52.8 Å². The van der Waals surface area contributed by atoms with Crippen LogP contribution in [0.25, 0.3) is 6.08 Å². The number of hydrogen-bond donors (Lipinski definition) is 0. The van der Waals surface area contributed by atoms with Crippen molar-refractivity contribution in [2.75, 3.05) is 26.2 Å². The van der Waals surface area contributed by atoms with Crippen molar-refractivity contribution < 1.29 is 18.7 Å². The summed E-state index contributed by atoms with van der Waals surface area (Å²) in [5, 5.41) is 3.07. The fraction of sp³-hybridized carbons (Fsp3) is 0.240. The average Bonchev–Trinajstić information content (AvgIpc) is 3.26. The van der Waals surface area contributed by atoms with E-state index in [1.807, 2.05) is 36.6 Å². The average molecular weight is 500 g/mol. The normalized spacial score (nSPS) is 14.0. The fourth-order valence-corrected chi connectivity index (χ4v) is 4.39. The number of carbonyl (C=O) groups excluding carboxylic acids is 2. The maximum Gasteiger partial charge on any atom is 0.255 e. The smallest absolute Gasteiger partial charge is 0.255 e. The lowest BCUT2D eigenvalue weighted by molar-refractivity contribution is -0.127. The molecule has 3 aromatic rings. The summed E-state index contributed by atoms with van der Waals surface area (Å²) < 4.78 is 19.0. The molecule has 176 valence electrons. The first-order chi connectivity index (χ1) is 16.4. The Morgan fingerprint density at radius 1 is 1.12 bits per heavy atom. The molecule has 1 aliphatic heterocycles. The van der Waals surface area contributed by atoms with Gasteiger partial charge in [0.05, 0.1) is 21.3 Å². The molecule has 1 aliphatic rings. The molecule has 0 atom stereocenters. The van der Waals surface area contributed by atoms with Gasteiger partial charge in [0.15, 0.2) is 0 Å². The Morgan fingerprint density at radius 2 is 1.82 bits per heavy atom. The van der Waals surface area contributed by atoms with Gasteiger partial charge in [-0.2, -0.15) is 0 Å². The van der Waals surface area contributed by atoms with Gasteiger partial charge in [-0.1, -0.05) is 23.7 Å². The summed E-state index contributed by atoms with van der Waals surface area (Å²) in [6, 6.07) is 11.2. The molecule has 4 rings (SSSR count). The highest BCUT2D eigenvalue weighted by atomic mass is 35.5. The van der Waals surface area contributed by atoms with E-state index in [2.05, 4.69) is 4.98 Å². The Labute approximate surface area is 206 Å². The molecule has 0 aliphatic carbocycles. The molecule has 0 saturated carbocycles. The van der Waals surface area contributed by atoms with Crippen molar-refractivity contribution in [2.45, 2.75) is 13.5 Å². The number of halogens is 2. The van der Waals surface area contributed by atoms with Gasteiger partial charge in [0.2, 0.25) is 5.91 Å². The zero-order valence-electron chi connectivity index (χ0n) is 18.5. The SMILES string of the molecule is Cc1nc(COc2ccc(/C=C/C(=O)N3CCN(C(=O)c4ccc(F)cc4Cl)CC3)cc2)cs1. The highest BCUT2D eigenvalue weighted by Crippen LogP contribution is 2.20. The minimum Gasteiger partial charge on any atom is -0.487 e. The molecule has 0 N–H and O–H groups in total. The molecular weight excluding hydrogens is 477 g/mol. The molecule has 1 fully saturated rings. The monoisotopic (exact) mass is 499 g/mol. The molecule has 34 heavy (non-hydrogen) atoms. The number of aryl methyl sites for hydroxylation is 1. The molecule has 2 amide bonds. The number of carbonyl (C=O) groups is 2. The number of nitrogens with zero attached hydrogens (tertiary/aromatic N) is 3. The van der Waals surface area contributed by atoms with E-state index < -0.39 is 5.82 Å². The number of piperazine rings is 1. The van der Waals surface area contributed by atoms with Gasteiger partial charge in [0.1, 0.15) is 18.2 Å². The van der Waals surface area contributed by atoms with E-state index in [0.29, 0.717) is 32.8 Å². The molecule has 0 radical (unpaired) electrons. The zero-order chi connectivity index (χ0) is 24.1. The Bertz CT molecular complexity index is 1200. The lowest BCUT2D eigenvalue weighted by atomic mass is 10.1. The second-order valence-corrected chi connectivity index (χ2v) is 9.26. The topological polar surface area (TPSA) is 62.7 Å². The van der Waals surface area contributed by atoms with E-state index in [9.17, 15) is 14.0 Å². The maximum atomic E-state index is 13.2. The molecule has 6 nitrogen and oxygen atoms in total. The molecule has 0 spiro atoms. The number of ether oxygens (including phenoxy) is 1. The van der Waals surface area contributed by atoms with Gasteiger partial charge in [0, 0.05) is 37.6 Å². The van der Waals surface area contributed by atoms with Gasteiger partial charge in [-0.15, -0.1) is 11.3 Å². The van der Waals surface area contributed by atoms with E-state index in [0.717, 1.165) is 28.1 Å². The first-order valence-corrected chi connectivity index (χ1v) is 12.0. The fourth-order valence-electron chi connectivity index (χ4n) is 3.54. The van der Waals surface area contributed by atoms with Crippen molar-refractivity contribution in [3.63, 3.8) is 0 Å². The van der Waals surface area contributed by atoms with Gasteiger partial charge in [0.25, 0.3) is 5.91 Å². The molecule has 2 aromatic carbocycles. The second kappa shape index (κ2) is 10.8. The third-order valence-corrected chi connectivity index (χ3v) is 6.53. The molecular formula is C25H23ClFN3O3S. The van der Waals surface area contributed by atoms with Gasteiger partial charge >= 0.3 is 0 Å². The van der Waals surface area contributed by atoms with Crippen molar-refractivity contribution in [2.24, 2.45) is 0 Å². The third-order valence-electron chi connectivity index (χ3n) is 5.39. The summed E-state index contributed by atoms with van der Waals surface area (Å²) >= 11 is 7.60. The van der Waals surface area contributed by atoms with Crippen LogP contribution in [0.1, 0.15) is 26.6 Å². The highest BCUT2D eigenvalue weighted by Gasteiger charge is 2.25. The molecule has 1 saturated heterocycles. The van der Waals surface area contributed by atoms with Crippen molar-refractivity contribution in [3.05, 3.63) is 86.6 Å². The van der Waals surface area contributed by atoms with Crippen LogP contribution < -0.4 is 4.74 Å². The van der Waals surface area contributed by atoms with E-state index >= 15 is 0 Å². The minimum atomic E-state index is -0.489. The van der Waals surface area contributed by atoms with Crippen LogP contribution in [0.2, 0.25) is 5.02 Å². The van der Waals surface area contributed by atoms with E-state index in [-0.39, 0.29) is 22.4 Å². The summed E-state index contributed by atoms with van der Waals surface area (Å²) in [4.78, 5) is 32.9. The quantitative estimate of drug-likeness (QED) is 0.456. The van der Waals surface area contributed by atoms with E-state index in [1.54, 1.807) is 27.2 Å². The largest absolute Gasteiger partial charge is 0.487 e. The van der Waals surface area contributed by atoms with Crippen LogP contribution in [0.15, 0.2) is 53.9 Å². The van der Waals surface area contributed by atoms with Gasteiger partial charge in [-0.25, -0.2) is 9.37 Å². The standard InChI is InChI=1S/C25H23ClFN3O3S/c1-17-28-20(16-34-17)15-33-21-6-2-18(3-7-21)4-9-24(31)29-10-12-30(13-11-29)25(32)22-8-5-19(27)14-23(22)26/h2-9,14,16H,10-13,15H2,1H3/b9-4+. The molecule has 0 bridgehead atoms. The highest BCUT2D eigenvalue weighted by molar-refractivity contribution is 7.09. The Morgan fingerprint density at radius 3 is 2.47 bits per heavy atom. The van der Waals surface area contributed by atoms with Crippen LogP contribution in [0, 0.1) is 12.7 Å². The second-order valence-electron chi connectivity index (χ2n) is 7.79. The maximum absolute atomic E-state index is 13.2. The Hall–Kier alpha value is -3.23. The number of rotatable bonds is 6. The van der Waals surface area contributed by atoms with Crippen molar-refractivity contribution in [1.29, 1.82) is 0 Å². The number of thiazole rings is 1. The van der Waals surface area contributed by atoms with Crippen LogP contribution in [0.3, 0.4) is 0 Å². The number of benzene rings is 2. The summed E-state index contributed by atoms with van der Waals surface area (Å²) in [7, 11) is 0. The van der Waals surface area contributed by atoms with Crippen molar-refractivity contribution >= 4 is 40.8 Å². The predicted octanol–water partition coefficient (Wildman–Crippen LogP) is 4.82. The Kier molecular flexibility index (Phi) is 7.59. The van der Waals surface area contributed by atoms with Crippen LogP contribution >= 0.6 is 22.9 Å². The predicted molar refractivity (Wildman–Crippen MR) is 131 cm³/mol. The van der Waals surface area contributed by atoms with Gasteiger partial charge in [-0.05, 0) is 48.9 Å². The molecule has 0 unspecified atom stereocenters. The first kappa shape index (κ1) is 23.9. The minimum absolute atomic E-state index is 0.0843. The number of amides is 2. The van der Waals surface area contributed by atoms with Crippen LogP contribution in [0.5, 0.6) is 5.75 Å². The number of hydrogen-bond acceptors (Lipinski definition) is 5. The Balaban J connectivity index is 1.26. The van der Waals surface area contributed by atoms with Gasteiger partial charge < -0.3 is 14.5 Å². The molecule has 9 heteroatoms.